The zero-order valence-corrected chi connectivity index (χ0v) is 17.9. The summed E-state index contributed by atoms with van der Waals surface area (Å²) in [6, 6.07) is 22.3. The number of rotatable bonds is 4. The number of fused-ring (bicyclic) bond motifs is 3. The summed E-state index contributed by atoms with van der Waals surface area (Å²) in [7, 11) is 0. The van der Waals surface area contributed by atoms with Crippen LogP contribution in [0, 0.1) is 5.92 Å². The van der Waals surface area contributed by atoms with Crippen molar-refractivity contribution in [2.75, 3.05) is 0 Å². The number of hydrogen-bond acceptors (Lipinski definition) is 3. The molecule has 6 rings (SSSR count). The molecule has 1 saturated carbocycles. The predicted molar refractivity (Wildman–Crippen MR) is 130 cm³/mol. The molecule has 0 amide bonds. The lowest BCUT2D eigenvalue weighted by atomic mass is 9.85. The fourth-order valence-electron chi connectivity index (χ4n) is 4.77. The largest absolute Gasteiger partial charge is 0.438 e. The van der Waals surface area contributed by atoms with Gasteiger partial charge in [-0.25, -0.2) is 4.98 Å². The van der Waals surface area contributed by atoms with Gasteiger partial charge >= 0.3 is 0 Å². The van der Waals surface area contributed by atoms with Gasteiger partial charge in [0, 0.05) is 31.5 Å². The Kier molecular flexibility index (Phi) is 4.41. The standard InChI is InChI=1S/C29H26N2O/c1-3-7-20(8-4-1)15-21-13-14-30-27(16-21)24-17-26-25-12-11-23(22-9-5-2-6-10-22)18-28(25)32-29(26)31-19-24/h2,5-6,9-14,16-20H,1,3-4,7-8,15H2/i15D2. The SMILES string of the molecule is [2H]C([2H])(c1ccnc(-c2cnc3oc4cc(-c5ccccc5)ccc4c3c2)c1)C1CCCCC1. The Morgan fingerprint density at radius 3 is 2.56 bits per heavy atom. The van der Waals surface area contributed by atoms with E-state index in [1.165, 1.54) is 6.42 Å². The fraction of sp³-hybridized carbons (Fsp3) is 0.241. The van der Waals surface area contributed by atoms with E-state index in [0.29, 0.717) is 11.3 Å². The number of benzene rings is 2. The van der Waals surface area contributed by atoms with E-state index in [0.717, 1.165) is 64.4 Å². The maximum atomic E-state index is 8.83. The minimum absolute atomic E-state index is 0.0636. The van der Waals surface area contributed by atoms with Gasteiger partial charge in [0.15, 0.2) is 0 Å². The van der Waals surface area contributed by atoms with Crippen LogP contribution in [0.2, 0.25) is 0 Å². The fourth-order valence-corrected chi connectivity index (χ4v) is 4.77. The van der Waals surface area contributed by atoms with E-state index >= 15 is 0 Å². The molecular weight excluding hydrogens is 392 g/mol. The van der Waals surface area contributed by atoms with Crippen molar-refractivity contribution < 1.29 is 7.16 Å². The van der Waals surface area contributed by atoms with Crippen molar-refractivity contribution in [3.05, 3.63) is 84.7 Å². The average molecular weight is 421 g/mol. The van der Waals surface area contributed by atoms with Crippen molar-refractivity contribution in [2.45, 2.75) is 38.5 Å². The van der Waals surface area contributed by atoms with Gasteiger partial charge in [-0.15, -0.1) is 0 Å². The van der Waals surface area contributed by atoms with Crippen molar-refractivity contribution in [3.8, 4) is 22.4 Å². The van der Waals surface area contributed by atoms with Crippen LogP contribution in [0.4, 0.5) is 0 Å². The molecule has 158 valence electrons. The molecule has 1 aliphatic rings. The molecule has 3 aromatic heterocycles. The van der Waals surface area contributed by atoms with Gasteiger partial charge in [-0.3, -0.25) is 4.98 Å². The Morgan fingerprint density at radius 1 is 0.812 bits per heavy atom. The Bertz CT molecular complexity index is 1470. The van der Waals surface area contributed by atoms with Crippen LogP contribution >= 0.6 is 0 Å². The van der Waals surface area contributed by atoms with E-state index in [2.05, 4.69) is 46.4 Å². The number of hydrogen-bond donors (Lipinski definition) is 0. The molecule has 0 N–H and O–H groups in total. The lowest BCUT2D eigenvalue weighted by molar-refractivity contribution is 0.356. The van der Waals surface area contributed by atoms with Crippen LogP contribution < -0.4 is 0 Å². The molecule has 0 bridgehead atoms. The molecule has 0 aliphatic heterocycles. The molecule has 0 radical (unpaired) electrons. The normalized spacial score (nSPS) is 16.2. The summed E-state index contributed by atoms with van der Waals surface area (Å²) in [4.78, 5) is 9.13. The Morgan fingerprint density at radius 2 is 1.69 bits per heavy atom. The number of aromatic nitrogens is 2. The minimum atomic E-state index is -1.36. The Balaban J connectivity index is 1.38. The van der Waals surface area contributed by atoms with E-state index in [1.54, 1.807) is 12.4 Å². The molecule has 3 heteroatoms. The lowest BCUT2D eigenvalue weighted by Gasteiger charge is -2.21. The van der Waals surface area contributed by atoms with Crippen LogP contribution in [-0.2, 0) is 6.37 Å². The Labute approximate surface area is 191 Å². The van der Waals surface area contributed by atoms with Crippen LogP contribution in [0.3, 0.4) is 0 Å². The first kappa shape index (κ1) is 17.1. The quantitative estimate of drug-likeness (QED) is 0.297. The second-order valence-electron chi connectivity index (χ2n) is 8.66. The zero-order chi connectivity index (χ0) is 23.1. The van der Waals surface area contributed by atoms with Crippen LogP contribution in [0.25, 0.3) is 44.5 Å². The zero-order valence-electron chi connectivity index (χ0n) is 19.9. The van der Waals surface area contributed by atoms with Gasteiger partial charge in [-0.1, -0.05) is 68.5 Å². The van der Waals surface area contributed by atoms with Crippen LogP contribution in [0.1, 0.15) is 40.4 Å². The molecule has 0 atom stereocenters. The number of furan rings is 1. The molecule has 0 unspecified atom stereocenters. The van der Waals surface area contributed by atoms with Crippen molar-refractivity contribution in [3.63, 3.8) is 0 Å². The van der Waals surface area contributed by atoms with Gasteiger partial charge in [-0.2, -0.15) is 0 Å². The highest BCUT2D eigenvalue weighted by Crippen LogP contribution is 2.34. The lowest BCUT2D eigenvalue weighted by Crippen LogP contribution is -2.09. The van der Waals surface area contributed by atoms with Gasteiger partial charge in [0.05, 0.1) is 5.69 Å². The summed E-state index contributed by atoms with van der Waals surface area (Å²) in [5, 5.41) is 1.95. The topological polar surface area (TPSA) is 38.9 Å². The third-order valence-electron chi connectivity index (χ3n) is 6.47. The summed E-state index contributed by atoms with van der Waals surface area (Å²) in [5.74, 6) is 0.0636. The van der Waals surface area contributed by atoms with Gasteiger partial charge in [0.1, 0.15) is 5.58 Å². The van der Waals surface area contributed by atoms with Gasteiger partial charge < -0.3 is 4.42 Å². The highest BCUT2D eigenvalue weighted by molar-refractivity contribution is 6.05. The molecule has 1 fully saturated rings. The molecule has 1 aliphatic carbocycles. The maximum Gasteiger partial charge on any atom is 0.227 e. The number of pyridine rings is 2. The van der Waals surface area contributed by atoms with Crippen LogP contribution in [0.5, 0.6) is 0 Å². The molecule has 0 spiro atoms. The molecule has 3 nitrogen and oxygen atoms in total. The smallest absolute Gasteiger partial charge is 0.227 e. The van der Waals surface area contributed by atoms with Gasteiger partial charge in [0.25, 0.3) is 0 Å². The second kappa shape index (κ2) is 8.23. The summed E-state index contributed by atoms with van der Waals surface area (Å²) in [6.45, 7) is 0. The van der Waals surface area contributed by atoms with Crippen molar-refractivity contribution in [2.24, 2.45) is 5.92 Å². The predicted octanol–water partition coefficient (Wildman–Crippen LogP) is 7.83. The summed E-state index contributed by atoms with van der Waals surface area (Å²) in [5.41, 5.74) is 5.95. The first-order valence-electron chi connectivity index (χ1n) is 12.4. The van der Waals surface area contributed by atoms with E-state index < -0.39 is 6.37 Å². The van der Waals surface area contributed by atoms with E-state index in [9.17, 15) is 0 Å². The molecule has 32 heavy (non-hydrogen) atoms. The minimum Gasteiger partial charge on any atom is -0.438 e. The molecule has 2 aromatic carbocycles. The third-order valence-corrected chi connectivity index (χ3v) is 6.47. The van der Waals surface area contributed by atoms with E-state index in [-0.39, 0.29) is 5.92 Å². The molecule has 3 heterocycles. The summed E-state index contributed by atoms with van der Waals surface area (Å²) in [6.07, 6.45) is 7.47. The molecule has 0 saturated heterocycles. The average Bonchev–Trinajstić information content (AvgIpc) is 3.27. The third kappa shape index (κ3) is 3.69. The highest BCUT2D eigenvalue weighted by atomic mass is 16.3. The highest BCUT2D eigenvalue weighted by Gasteiger charge is 2.15. The molecule has 5 aromatic rings. The van der Waals surface area contributed by atoms with Crippen molar-refractivity contribution in [1.82, 2.24) is 9.97 Å². The Hall–Kier alpha value is -3.46. The van der Waals surface area contributed by atoms with Crippen molar-refractivity contribution in [1.29, 1.82) is 0 Å². The first-order chi connectivity index (χ1) is 16.6. The van der Waals surface area contributed by atoms with Gasteiger partial charge in [-0.05, 0) is 59.3 Å². The van der Waals surface area contributed by atoms with E-state index in [1.807, 2.05) is 30.3 Å². The first-order valence-corrected chi connectivity index (χ1v) is 11.4. The van der Waals surface area contributed by atoms with Crippen molar-refractivity contribution >= 4 is 22.1 Å². The molecular formula is C29H26N2O. The maximum absolute atomic E-state index is 8.83. The second-order valence-corrected chi connectivity index (χ2v) is 8.66. The van der Waals surface area contributed by atoms with Crippen LogP contribution in [-0.4, -0.2) is 9.97 Å². The van der Waals surface area contributed by atoms with E-state index in [4.69, 9.17) is 7.16 Å². The van der Waals surface area contributed by atoms with Gasteiger partial charge in [0.2, 0.25) is 5.71 Å². The summed E-state index contributed by atoms with van der Waals surface area (Å²) >= 11 is 0. The summed E-state index contributed by atoms with van der Waals surface area (Å²) < 4.78 is 23.7. The number of nitrogens with zero attached hydrogens (tertiary/aromatic N) is 2. The monoisotopic (exact) mass is 420 g/mol. The van der Waals surface area contributed by atoms with Crippen LogP contribution in [0.15, 0.2) is 83.5 Å².